The molecule has 4 nitrogen and oxygen atoms in total. The summed E-state index contributed by atoms with van der Waals surface area (Å²) in [5.41, 5.74) is 0. The third-order valence-corrected chi connectivity index (χ3v) is 1.21. The second-order valence-electron chi connectivity index (χ2n) is 1.72. The molecule has 4 heteroatoms. The number of hydrogen-bond donors (Lipinski definition) is 1. The van der Waals surface area contributed by atoms with Crippen molar-refractivity contribution in [3.8, 4) is 0 Å². The van der Waals surface area contributed by atoms with Crippen LogP contribution in [-0.4, -0.2) is 18.5 Å². The van der Waals surface area contributed by atoms with E-state index in [9.17, 15) is 9.70 Å². The van der Waals surface area contributed by atoms with E-state index in [2.05, 4.69) is 10.5 Å². The predicted molar refractivity (Wildman–Crippen MR) is 27.2 cm³/mol. The molecule has 0 aromatic carbocycles. The summed E-state index contributed by atoms with van der Waals surface area (Å²) in [6, 6.07) is -0.271. The largest absolute Gasteiger partial charge is 0.306 e. The summed E-state index contributed by atoms with van der Waals surface area (Å²) in [5.74, 6) is -0.573. The minimum atomic E-state index is -0.573. The number of nitrogens with one attached hydrogen (secondary N) is 1. The molecule has 1 amide bonds. The van der Waals surface area contributed by atoms with E-state index >= 15 is 0 Å². The van der Waals surface area contributed by atoms with Gasteiger partial charge in [-0.3, -0.25) is 4.79 Å². The van der Waals surface area contributed by atoms with Crippen molar-refractivity contribution in [3.05, 3.63) is 4.91 Å². The minimum Gasteiger partial charge on any atom is -0.306 e. The van der Waals surface area contributed by atoms with Crippen LogP contribution >= 0.6 is 0 Å². The second-order valence-corrected chi connectivity index (χ2v) is 1.72. The molecule has 0 aliphatic carbocycles. The highest BCUT2D eigenvalue weighted by atomic mass is 16.3. The monoisotopic (exact) mass is 114 g/mol. The Balaban J connectivity index is 2.34. The molecule has 0 aromatic heterocycles. The first-order valence-corrected chi connectivity index (χ1v) is 2.45. The minimum absolute atomic E-state index is 0.271. The molecule has 1 saturated heterocycles. The zero-order valence-corrected chi connectivity index (χ0v) is 4.26. The van der Waals surface area contributed by atoms with Gasteiger partial charge < -0.3 is 5.32 Å². The van der Waals surface area contributed by atoms with E-state index < -0.39 is 5.91 Å². The van der Waals surface area contributed by atoms with Crippen LogP contribution in [0.2, 0.25) is 0 Å². The molecular formula is C4H6N2O2. The van der Waals surface area contributed by atoms with Gasteiger partial charge in [-0.1, -0.05) is 0 Å². The van der Waals surface area contributed by atoms with Crippen molar-refractivity contribution in [2.24, 2.45) is 5.18 Å². The predicted octanol–water partition coefficient (Wildman–Crippen LogP) is -0.359. The lowest BCUT2D eigenvalue weighted by Crippen LogP contribution is -2.47. The van der Waals surface area contributed by atoms with Crippen molar-refractivity contribution in [3.63, 3.8) is 0 Å². The smallest absolute Gasteiger partial charge is 0.303 e. The first kappa shape index (κ1) is 5.37. The highest BCUT2D eigenvalue weighted by molar-refractivity contribution is 5.83. The maximum Gasteiger partial charge on any atom is 0.303 e. The summed E-state index contributed by atoms with van der Waals surface area (Å²) in [6.45, 7) is 0.825. The SMILES string of the molecule is O=NC(=O)C1CCN1. The highest BCUT2D eigenvalue weighted by Gasteiger charge is 2.24. The van der Waals surface area contributed by atoms with E-state index in [1.165, 1.54) is 0 Å². The molecule has 1 heterocycles. The average Bonchev–Trinajstić information content (AvgIpc) is 1.62. The summed E-state index contributed by atoms with van der Waals surface area (Å²) in [4.78, 5) is 19.8. The number of nitrogens with zero attached hydrogens (tertiary/aromatic N) is 1. The fourth-order valence-corrected chi connectivity index (χ4v) is 0.563. The van der Waals surface area contributed by atoms with Crippen LogP contribution in [0.15, 0.2) is 5.18 Å². The quantitative estimate of drug-likeness (QED) is 0.473. The van der Waals surface area contributed by atoms with Crippen molar-refractivity contribution in [2.75, 3.05) is 6.54 Å². The van der Waals surface area contributed by atoms with Crippen molar-refractivity contribution in [1.29, 1.82) is 0 Å². The van der Waals surface area contributed by atoms with Gasteiger partial charge in [0.05, 0.1) is 6.04 Å². The summed E-state index contributed by atoms with van der Waals surface area (Å²) < 4.78 is 0. The van der Waals surface area contributed by atoms with E-state index in [1.54, 1.807) is 0 Å². The fraction of sp³-hybridized carbons (Fsp3) is 0.750. The van der Waals surface area contributed by atoms with Gasteiger partial charge in [0.2, 0.25) is 0 Å². The Kier molecular flexibility index (Phi) is 1.34. The number of amides is 1. The number of nitroso groups, excluding NO2 is 1. The van der Waals surface area contributed by atoms with Gasteiger partial charge in [0, 0.05) is 5.18 Å². The van der Waals surface area contributed by atoms with Crippen LogP contribution in [0.1, 0.15) is 6.42 Å². The zero-order valence-electron chi connectivity index (χ0n) is 4.26. The van der Waals surface area contributed by atoms with Crippen LogP contribution in [0.3, 0.4) is 0 Å². The van der Waals surface area contributed by atoms with Gasteiger partial charge in [-0.25, -0.2) is 0 Å². The van der Waals surface area contributed by atoms with Crippen LogP contribution < -0.4 is 5.32 Å². The van der Waals surface area contributed by atoms with E-state index in [1.807, 2.05) is 0 Å². The molecule has 1 N–H and O–H groups in total. The molecule has 0 bridgehead atoms. The molecule has 44 valence electrons. The van der Waals surface area contributed by atoms with Gasteiger partial charge in [-0.15, -0.1) is 4.91 Å². The first-order valence-electron chi connectivity index (χ1n) is 2.45. The Hall–Kier alpha value is -0.770. The van der Waals surface area contributed by atoms with Crippen LogP contribution in [0.5, 0.6) is 0 Å². The van der Waals surface area contributed by atoms with Crippen molar-refractivity contribution >= 4 is 5.91 Å². The molecule has 0 saturated carbocycles. The molecule has 1 aliphatic rings. The van der Waals surface area contributed by atoms with Gasteiger partial charge in [-0.2, -0.15) is 0 Å². The highest BCUT2D eigenvalue weighted by Crippen LogP contribution is 2.02. The molecule has 1 rings (SSSR count). The van der Waals surface area contributed by atoms with E-state index in [0.29, 0.717) is 0 Å². The third kappa shape index (κ3) is 0.742. The molecule has 0 radical (unpaired) electrons. The number of rotatable bonds is 1. The lowest BCUT2D eigenvalue weighted by atomic mass is 10.1. The molecular weight excluding hydrogens is 108 g/mol. The number of hydrogen-bond acceptors (Lipinski definition) is 3. The summed E-state index contributed by atoms with van der Waals surface area (Å²) in [5, 5.41) is 5.01. The summed E-state index contributed by atoms with van der Waals surface area (Å²) in [6.07, 6.45) is 0.755. The lowest BCUT2D eigenvalue weighted by molar-refractivity contribution is -0.121. The second kappa shape index (κ2) is 2.00. The van der Waals surface area contributed by atoms with Gasteiger partial charge >= 0.3 is 5.91 Å². The van der Waals surface area contributed by atoms with Crippen LogP contribution in [0, 0.1) is 4.91 Å². The number of carbonyl (C=O) groups excluding carboxylic acids is 1. The Morgan fingerprint density at radius 1 is 1.75 bits per heavy atom. The Labute approximate surface area is 46.2 Å². The lowest BCUT2D eigenvalue weighted by Gasteiger charge is -2.22. The summed E-state index contributed by atoms with van der Waals surface area (Å²) in [7, 11) is 0. The zero-order chi connectivity index (χ0) is 5.98. The van der Waals surface area contributed by atoms with Crippen LogP contribution in [0.25, 0.3) is 0 Å². The van der Waals surface area contributed by atoms with Gasteiger partial charge in [-0.05, 0) is 13.0 Å². The molecule has 1 aliphatic heterocycles. The number of carbonyl (C=O) groups is 1. The standard InChI is InChI=1S/C4H6N2O2/c7-4(6-8)3-1-2-5-3/h3,5H,1-2H2. The van der Waals surface area contributed by atoms with Crippen molar-refractivity contribution < 1.29 is 4.79 Å². The molecule has 1 atom stereocenters. The van der Waals surface area contributed by atoms with Crippen molar-refractivity contribution in [1.82, 2.24) is 5.32 Å². The maximum atomic E-state index is 10.3. The first-order chi connectivity index (χ1) is 3.84. The van der Waals surface area contributed by atoms with Gasteiger partial charge in [0.25, 0.3) is 0 Å². The molecule has 0 aromatic rings. The molecule has 1 unspecified atom stereocenters. The van der Waals surface area contributed by atoms with Gasteiger partial charge in [0.1, 0.15) is 0 Å². The van der Waals surface area contributed by atoms with E-state index in [-0.39, 0.29) is 6.04 Å². The summed E-state index contributed by atoms with van der Waals surface area (Å²) >= 11 is 0. The van der Waals surface area contributed by atoms with E-state index in [4.69, 9.17) is 0 Å². The van der Waals surface area contributed by atoms with Crippen LogP contribution in [-0.2, 0) is 4.79 Å². The molecule has 1 fully saturated rings. The fourth-order valence-electron chi connectivity index (χ4n) is 0.563. The maximum absolute atomic E-state index is 10.3. The van der Waals surface area contributed by atoms with Gasteiger partial charge in [0.15, 0.2) is 0 Å². The molecule has 0 spiro atoms. The molecule has 8 heavy (non-hydrogen) atoms. The normalized spacial score (nSPS) is 26.2. The van der Waals surface area contributed by atoms with Crippen molar-refractivity contribution in [2.45, 2.75) is 12.5 Å². The Morgan fingerprint density at radius 3 is 2.50 bits per heavy atom. The third-order valence-electron chi connectivity index (χ3n) is 1.21. The topological polar surface area (TPSA) is 58.5 Å². The Morgan fingerprint density at radius 2 is 2.38 bits per heavy atom. The van der Waals surface area contributed by atoms with Crippen LogP contribution in [0.4, 0.5) is 0 Å². The van der Waals surface area contributed by atoms with E-state index in [0.717, 1.165) is 13.0 Å². The average molecular weight is 114 g/mol. The Bertz CT molecular complexity index is 119.